The maximum atomic E-state index is 12.8. The number of hydrogen-bond donors (Lipinski definition) is 1. The summed E-state index contributed by atoms with van der Waals surface area (Å²) >= 11 is 0. The fraction of sp³-hybridized carbons (Fsp3) is 0.440. The molecular weight excluding hydrogens is 374 g/mol. The van der Waals surface area contributed by atoms with Crippen molar-refractivity contribution in [3.8, 4) is 0 Å². The van der Waals surface area contributed by atoms with Crippen LogP contribution in [0.15, 0.2) is 48.5 Å². The van der Waals surface area contributed by atoms with Crippen LogP contribution in [0.2, 0.25) is 0 Å². The zero-order valence-electron chi connectivity index (χ0n) is 17.8. The molecule has 5 heteroatoms. The first-order chi connectivity index (χ1) is 14.6. The van der Waals surface area contributed by atoms with Crippen molar-refractivity contribution in [2.75, 3.05) is 24.5 Å². The summed E-state index contributed by atoms with van der Waals surface area (Å²) in [4.78, 5) is 29.0. The topological polar surface area (TPSA) is 52.7 Å². The number of amides is 2. The van der Waals surface area contributed by atoms with Gasteiger partial charge in [-0.05, 0) is 68.0 Å². The molecule has 0 bridgehead atoms. The van der Waals surface area contributed by atoms with Gasteiger partial charge in [-0.15, -0.1) is 0 Å². The summed E-state index contributed by atoms with van der Waals surface area (Å²) in [7, 11) is 0. The van der Waals surface area contributed by atoms with E-state index in [0.717, 1.165) is 37.2 Å². The molecule has 0 aromatic heterocycles. The van der Waals surface area contributed by atoms with E-state index in [4.69, 9.17) is 0 Å². The van der Waals surface area contributed by atoms with E-state index >= 15 is 0 Å². The highest BCUT2D eigenvalue weighted by Gasteiger charge is 2.20. The molecule has 30 heavy (non-hydrogen) atoms. The lowest BCUT2D eigenvalue weighted by molar-refractivity contribution is -0.128. The third-order valence-electron chi connectivity index (χ3n) is 6.20. The van der Waals surface area contributed by atoms with Crippen LogP contribution in [-0.4, -0.2) is 36.3 Å². The Labute approximate surface area is 179 Å². The lowest BCUT2D eigenvalue weighted by Gasteiger charge is -2.29. The van der Waals surface area contributed by atoms with Crippen LogP contribution in [-0.2, 0) is 11.3 Å². The van der Waals surface area contributed by atoms with Crippen molar-refractivity contribution in [3.05, 3.63) is 65.2 Å². The molecule has 5 nitrogen and oxygen atoms in total. The van der Waals surface area contributed by atoms with E-state index in [1.165, 1.54) is 24.9 Å². The monoisotopic (exact) mass is 405 g/mol. The van der Waals surface area contributed by atoms with Gasteiger partial charge in [0.2, 0.25) is 5.91 Å². The minimum Gasteiger partial charge on any atom is -0.372 e. The van der Waals surface area contributed by atoms with E-state index in [1.807, 2.05) is 36.1 Å². The molecule has 0 aliphatic carbocycles. The number of anilines is 1. The molecule has 1 unspecified atom stereocenters. The van der Waals surface area contributed by atoms with E-state index in [1.54, 1.807) is 0 Å². The maximum Gasteiger partial charge on any atom is 0.251 e. The maximum absolute atomic E-state index is 12.8. The summed E-state index contributed by atoms with van der Waals surface area (Å²) in [6.07, 6.45) is 5.41. The minimum absolute atomic E-state index is 0.0725. The molecule has 2 aliphatic heterocycles. The molecular formula is C25H31N3O2. The Morgan fingerprint density at radius 1 is 1.00 bits per heavy atom. The first-order valence-electron chi connectivity index (χ1n) is 11.1. The van der Waals surface area contributed by atoms with Gasteiger partial charge in [0.05, 0.1) is 6.04 Å². The zero-order valence-corrected chi connectivity index (χ0v) is 17.8. The van der Waals surface area contributed by atoms with Crippen molar-refractivity contribution in [3.63, 3.8) is 0 Å². The lowest BCUT2D eigenvalue weighted by atomic mass is 10.0. The Bertz CT molecular complexity index is 888. The van der Waals surface area contributed by atoms with E-state index in [2.05, 4.69) is 34.5 Å². The lowest BCUT2D eigenvalue weighted by Crippen LogP contribution is -2.29. The van der Waals surface area contributed by atoms with Crippen LogP contribution in [0.25, 0.3) is 0 Å². The van der Waals surface area contributed by atoms with Crippen molar-refractivity contribution in [2.45, 2.75) is 51.6 Å². The Balaban J connectivity index is 1.37. The van der Waals surface area contributed by atoms with E-state index in [9.17, 15) is 9.59 Å². The van der Waals surface area contributed by atoms with Crippen molar-refractivity contribution in [2.24, 2.45) is 0 Å². The van der Waals surface area contributed by atoms with E-state index < -0.39 is 0 Å². The second-order valence-electron chi connectivity index (χ2n) is 8.45. The standard InChI is InChI=1S/C25H31N3O2/c1-19(21-10-12-23(13-11-21)27-14-3-2-4-15-27)26-25(30)22-8-5-7-20(17-22)18-28-16-6-9-24(28)29/h5,7-8,10-13,17,19H,2-4,6,9,14-16,18H2,1H3,(H,26,30). The van der Waals surface area contributed by atoms with Crippen LogP contribution < -0.4 is 10.2 Å². The predicted octanol–water partition coefficient (Wildman–Crippen LogP) is 4.29. The zero-order chi connectivity index (χ0) is 20.9. The quantitative estimate of drug-likeness (QED) is 0.780. The van der Waals surface area contributed by atoms with Gasteiger partial charge in [0.1, 0.15) is 0 Å². The molecule has 0 radical (unpaired) electrons. The first-order valence-corrected chi connectivity index (χ1v) is 11.1. The molecule has 0 spiro atoms. The number of nitrogens with zero attached hydrogens (tertiary/aromatic N) is 2. The van der Waals surface area contributed by atoms with Crippen molar-refractivity contribution in [1.29, 1.82) is 0 Å². The molecule has 158 valence electrons. The van der Waals surface area contributed by atoms with Crippen molar-refractivity contribution < 1.29 is 9.59 Å². The van der Waals surface area contributed by atoms with Gasteiger partial charge in [0.25, 0.3) is 5.91 Å². The number of carbonyl (C=O) groups is 2. The third-order valence-corrected chi connectivity index (χ3v) is 6.20. The normalized spacial score (nSPS) is 17.8. The summed E-state index contributed by atoms with van der Waals surface area (Å²) in [6, 6.07) is 16.1. The van der Waals surface area contributed by atoms with Gasteiger partial charge < -0.3 is 15.1 Å². The summed E-state index contributed by atoms with van der Waals surface area (Å²) in [5.74, 6) is 0.115. The van der Waals surface area contributed by atoms with Crippen LogP contribution in [0, 0.1) is 0 Å². The number of hydrogen-bond acceptors (Lipinski definition) is 3. The number of piperidine rings is 1. The summed E-state index contributed by atoms with van der Waals surface area (Å²) < 4.78 is 0. The summed E-state index contributed by atoms with van der Waals surface area (Å²) in [5.41, 5.74) is 4.00. The molecule has 1 atom stereocenters. The van der Waals surface area contributed by atoms with Gasteiger partial charge in [-0.3, -0.25) is 9.59 Å². The van der Waals surface area contributed by atoms with E-state index in [-0.39, 0.29) is 17.9 Å². The van der Waals surface area contributed by atoms with Crippen LogP contribution >= 0.6 is 0 Å². The minimum atomic E-state index is -0.0859. The number of rotatable bonds is 6. The Morgan fingerprint density at radius 3 is 2.47 bits per heavy atom. The van der Waals surface area contributed by atoms with Crippen LogP contribution in [0.4, 0.5) is 5.69 Å². The van der Waals surface area contributed by atoms with Crippen LogP contribution in [0.1, 0.15) is 66.6 Å². The van der Waals surface area contributed by atoms with Gasteiger partial charge in [-0.1, -0.05) is 24.3 Å². The number of likely N-dealkylation sites (tertiary alicyclic amines) is 1. The fourth-order valence-corrected chi connectivity index (χ4v) is 4.39. The predicted molar refractivity (Wildman–Crippen MR) is 119 cm³/mol. The van der Waals surface area contributed by atoms with Gasteiger partial charge in [0.15, 0.2) is 0 Å². The second-order valence-corrected chi connectivity index (χ2v) is 8.45. The average molecular weight is 406 g/mol. The molecule has 2 saturated heterocycles. The van der Waals surface area contributed by atoms with E-state index in [0.29, 0.717) is 18.5 Å². The Hall–Kier alpha value is -2.82. The molecule has 2 fully saturated rings. The smallest absolute Gasteiger partial charge is 0.251 e. The van der Waals surface area contributed by atoms with Gasteiger partial charge in [0, 0.05) is 43.9 Å². The molecule has 2 heterocycles. The van der Waals surface area contributed by atoms with Gasteiger partial charge >= 0.3 is 0 Å². The van der Waals surface area contributed by atoms with Gasteiger partial charge in [-0.25, -0.2) is 0 Å². The van der Waals surface area contributed by atoms with Crippen molar-refractivity contribution in [1.82, 2.24) is 10.2 Å². The van der Waals surface area contributed by atoms with Crippen LogP contribution in [0.5, 0.6) is 0 Å². The van der Waals surface area contributed by atoms with Gasteiger partial charge in [-0.2, -0.15) is 0 Å². The number of nitrogens with one attached hydrogen (secondary N) is 1. The second kappa shape index (κ2) is 9.33. The highest BCUT2D eigenvalue weighted by molar-refractivity contribution is 5.94. The fourth-order valence-electron chi connectivity index (χ4n) is 4.39. The molecule has 2 aromatic rings. The largest absolute Gasteiger partial charge is 0.372 e. The number of benzene rings is 2. The Kier molecular flexibility index (Phi) is 6.36. The first kappa shape index (κ1) is 20.5. The average Bonchev–Trinajstić information content (AvgIpc) is 3.19. The summed E-state index contributed by atoms with van der Waals surface area (Å²) in [5, 5.41) is 3.11. The molecule has 2 aliphatic rings. The number of carbonyl (C=O) groups excluding carboxylic acids is 2. The molecule has 2 aromatic carbocycles. The molecule has 4 rings (SSSR count). The SMILES string of the molecule is CC(NC(=O)c1cccc(CN2CCCC2=O)c1)c1ccc(N2CCCCC2)cc1. The highest BCUT2D eigenvalue weighted by atomic mass is 16.2. The van der Waals surface area contributed by atoms with Crippen molar-refractivity contribution >= 4 is 17.5 Å². The molecule has 2 amide bonds. The Morgan fingerprint density at radius 2 is 1.77 bits per heavy atom. The highest BCUT2D eigenvalue weighted by Crippen LogP contribution is 2.23. The molecule has 1 N–H and O–H groups in total. The third kappa shape index (κ3) is 4.84. The molecule has 0 saturated carbocycles. The summed E-state index contributed by atoms with van der Waals surface area (Å²) in [6.45, 7) is 5.66. The van der Waals surface area contributed by atoms with Crippen LogP contribution in [0.3, 0.4) is 0 Å².